The number of anilines is 2. The van der Waals surface area contributed by atoms with Gasteiger partial charge >= 0.3 is 0 Å². The number of nitrogens with one attached hydrogen (secondary N) is 2. The zero-order chi connectivity index (χ0) is 13.1. The number of rotatable bonds is 5. The third-order valence-electron chi connectivity index (χ3n) is 2.30. The van der Waals surface area contributed by atoms with Crippen molar-refractivity contribution >= 4 is 46.6 Å². The van der Waals surface area contributed by atoms with Gasteiger partial charge in [-0.25, -0.2) is 10.8 Å². The number of nitrogen functional groups attached to an aromatic ring is 1. The molecule has 1 aromatic heterocycles. The van der Waals surface area contributed by atoms with Crippen LogP contribution in [0.25, 0.3) is 0 Å². The van der Waals surface area contributed by atoms with Gasteiger partial charge in [0.15, 0.2) is 5.82 Å². The second-order valence-electron chi connectivity index (χ2n) is 4.11. The first-order valence-electron chi connectivity index (χ1n) is 5.01. The van der Waals surface area contributed by atoms with E-state index in [1.165, 1.54) is 0 Å². The van der Waals surface area contributed by atoms with Gasteiger partial charge < -0.3 is 10.7 Å². The van der Waals surface area contributed by atoms with E-state index in [0.29, 0.717) is 21.7 Å². The van der Waals surface area contributed by atoms with Crippen LogP contribution in [0.3, 0.4) is 0 Å². The van der Waals surface area contributed by atoms with E-state index in [9.17, 15) is 0 Å². The summed E-state index contributed by atoms with van der Waals surface area (Å²) in [7, 11) is 0. The Morgan fingerprint density at radius 2 is 1.94 bits per heavy atom. The highest BCUT2D eigenvalue weighted by molar-refractivity contribution is 7.99. The lowest BCUT2D eigenvalue weighted by Crippen LogP contribution is -2.26. The minimum absolute atomic E-state index is 0.0982. The standard InChI is InChI=1S/C10H16Cl2N4S/c1-10(2,17-3)5-14-8-6(11)4-7(12)9(15-8)16-13/h4H,5,13H2,1-3H3,(H2,14,15,16). The molecule has 4 nitrogen and oxygen atoms in total. The molecule has 96 valence electrons. The second kappa shape index (κ2) is 6.00. The molecule has 0 radical (unpaired) electrons. The van der Waals surface area contributed by atoms with Crippen molar-refractivity contribution in [3.05, 3.63) is 16.1 Å². The van der Waals surface area contributed by atoms with Gasteiger partial charge in [0, 0.05) is 11.3 Å². The number of hydrogen-bond acceptors (Lipinski definition) is 5. The third-order valence-corrected chi connectivity index (χ3v) is 4.13. The van der Waals surface area contributed by atoms with Crippen LogP contribution in [0.5, 0.6) is 0 Å². The summed E-state index contributed by atoms with van der Waals surface area (Å²) >= 11 is 13.7. The SMILES string of the molecule is CSC(C)(C)CNc1nc(NN)c(Cl)cc1Cl. The van der Waals surface area contributed by atoms with Gasteiger partial charge in [-0.15, -0.1) is 0 Å². The average Bonchev–Trinajstić information content (AvgIpc) is 2.28. The molecule has 0 saturated heterocycles. The molecule has 0 bridgehead atoms. The zero-order valence-corrected chi connectivity index (χ0v) is 12.3. The Labute approximate surface area is 116 Å². The predicted molar refractivity (Wildman–Crippen MR) is 78.2 cm³/mol. The number of nitrogens with two attached hydrogens (primary N) is 1. The highest BCUT2D eigenvalue weighted by Crippen LogP contribution is 2.30. The van der Waals surface area contributed by atoms with Crippen molar-refractivity contribution in [1.29, 1.82) is 0 Å². The Kier molecular flexibility index (Phi) is 5.19. The summed E-state index contributed by atoms with van der Waals surface area (Å²) < 4.78 is 0.0982. The molecule has 0 aliphatic carbocycles. The molecule has 1 heterocycles. The Morgan fingerprint density at radius 3 is 2.47 bits per heavy atom. The quantitative estimate of drug-likeness (QED) is 0.575. The van der Waals surface area contributed by atoms with Gasteiger partial charge in [0.1, 0.15) is 5.82 Å². The highest BCUT2D eigenvalue weighted by Gasteiger charge is 2.17. The number of nitrogens with zero attached hydrogens (tertiary/aromatic N) is 1. The Balaban J connectivity index is 2.84. The van der Waals surface area contributed by atoms with E-state index in [-0.39, 0.29) is 4.75 Å². The molecule has 0 atom stereocenters. The predicted octanol–water partition coefficient (Wildman–Crippen LogP) is 3.23. The summed E-state index contributed by atoms with van der Waals surface area (Å²) in [6.45, 7) is 5.01. The Morgan fingerprint density at radius 1 is 1.35 bits per heavy atom. The van der Waals surface area contributed by atoms with Crippen LogP contribution in [-0.2, 0) is 0 Å². The van der Waals surface area contributed by atoms with Crippen LogP contribution in [0.1, 0.15) is 13.8 Å². The molecule has 1 rings (SSSR count). The first-order valence-corrected chi connectivity index (χ1v) is 6.99. The van der Waals surface area contributed by atoms with E-state index in [0.717, 1.165) is 6.54 Å². The van der Waals surface area contributed by atoms with E-state index in [1.807, 2.05) is 0 Å². The summed E-state index contributed by atoms with van der Waals surface area (Å²) in [5.74, 6) is 6.28. The number of hydrazine groups is 1. The molecule has 0 amide bonds. The topological polar surface area (TPSA) is 63.0 Å². The first-order chi connectivity index (χ1) is 7.89. The summed E-state index contributed by atoms with van der Waals surface area (Å²) in [5, 5.41) is 4.06. The Bertz CT molecular complexity index is 398. The van der Waals surface area contributed by atoms with Crippen molar-refractivity contribution in [2.75, 3.05) is 23.5 Å². The maximum atomic E-state index is 6.05. The lowest BCUT2D eigenvalue weighted by atomic mass is 10.2. The van der Waals surface area contributed by atoms with Crippen LogP contribution < -0.4 is 16.6 Å². The van der Waals surface area contributed by atoms with Crippen LogP contribution in [-0.4, -0.2) is 22.5 Å². The number of pyridine rings is 1. The lowest BCUT2D eigenvalue weighted by molar-refractivity contribution is 0.750. The van der Waals surface area contributed by atoms with Crippen molar-refractivity contribution in [2.24, 2.45) is 5.84 Å². The van der Waals surface area contributed by atoms with Crippen LogP contribution in [0.15, 0.2) is 6.07 Å². The van der Waals surface area contributed by atoms with Crippen molar-refractivity contribution in [3.8, 4) is 0 Å². The summed E-state index contributed by atoms with van der Waals surface area (Å²) in [5.41, 5.74) is 2.43. The molecule has 0 aromatic carbocycles. The minimum atomic E-state index is 0.0982. The molecule has 0 spiro atoms. The van der Waals surface area contributed by atoms with Gasteiger partial charge in [-0.3, -0.25) is 0 Å². The average molecular weight is 295 g/mol. The molecular formula is C10H16Cl2N4S. The fourth-order valence-electron chi connectivity index (χ4n) is 1.06. The summed E-state index contributed by atoms with van der Waals surface area (Å²) in [4.78, 5) is 4.21. The van der Waals surface area contributed by atoms with Crippen LogP contribution in [0, 0.1) is 0 Å². The van der Waals surface area contributed by atoms with E-state index in [2.05, 4.69) is 35.8 Å². The summed E-state index contributed by atoms with van der Waals surface area (Å²) in [6, 6.07) is 1.61. The van der Waals surface area contributed by atoms with Crippen LogP contribution in [0.2, 0.25) is 10.0 Å². The normalized spacial score (nSPS) is 11.4. The lowest BCUT2D eigenvalue weighted by Gasteiger charge is -2.23. The van der Waals surface area contributed by atoms with E-state index < -0.39 is 0 Å². The van der Waals surface area contributed by atoms with Crippen molar-refractivity contribution < 1.29 is 0 Å². The number of hydrogen-bond donors (Lipinski definition) is 3. The van der Waals surface area contributed by atoms with Gasteiger partial charge in [0.05, 0.1) is 10.0 Å². The molecule has 0 aliphatic rings. The molecule has 7 heteroatoms. The van der Waals surface area contributed by atoms with Gasteiger partial charge in [-0.05, 0) is 26.2 Å². The van der Waals surface area contributed by atoms with Gasteiger partial charge in [0.2, 0.25) is 0 Å². The van der Waals surface area contributed by atoms with Gasteiger partial charge in [0.25, 0.3) is 0 Å². The molecule has 1 aromatic rings. The van der Waals surface area contributed by atoms with E-state index in [1.54, 1.807) is 17.8 Å². The number of halogens is 2. The van der Waals surface area contributed by atoms with Crippen LogP contribution in [0.4, 0.5) is 11.6 Å². The number of thioether (sulfide) groups is 1. The highest BCUT2D eigenvalue weighted by atomic mass is 35.5. The molecule has 0 aliphatic heterocycles. The van der Waals surface area contributed by atoms with E-state index in [4.69, 9.17) is 29.0 Å². The molecular weight excluding hydrogens is 279 g/mol. The fraction of sp³-hybridized carbons (Fsp3) is 0.500. The molecule has 0 fully saturated rings. The summed E-state index contributed by atoms with van der Waals surface area (Å²) in [6.07, 6.45) is 2.06. The van der Waals surface area contributed by atoms with Gasteiger partial charge in [-0.1, -0.05) is 23.2 Å². The van der Waals surface area contributed by atoms with Gasteiger partial charge in [-0.2, -0.15) is 11.8 Å². The fourth-order valence-corrected chi connectivity index (χ4v) is 1.76. The minimum Gasteiger partial charge on any atom is -0.367 e. The molecule has 17 heavy (non-hydrogen) atoms. The Hall–Kier alpha value is -0.360. The van der Waals surface area contributed by atoms with Crippen molar-refractivity contribution in [2.45, 2.75) is 18.6 Å². The maximum Gasteiger partial charge on any atom is 0.161 e. The zero-order valence-electron chi connectivity index (χ0n) is 9.97. The smallest absolute Gasteiger partial charge is 0.161 e. The number of aromatic nitrogens is 1. The second-order valence-corrected chi connectivity index (χ2v) is 6.44. The largest absolute Gasteiger partial charge is 0.367 e. The molecule has 0 saturated carbocycles. The van der Waals surface area contributed by atoms with Crippen molar-refractivity contribution in [1.82, 2.24) is 4.98 Å². The molecule has 4 N–H and O–H groups in total. The maximum absolute atomic E-state index is 6.05. The monoisotopic (exact) mass is 294 g/mol. The third kappa shape index (κ3) is 4.10. The first kappa shape index (κ1) is 14.7. The molecule has 0 unspecified atom stereocenters. The van der Waals surface area contributed by atoms with Crippen LogP contribution >= 0.6 is 35.0 Å². The van der Waals surface area contributed by atoms with E-state index >= 15 is 0 Å². The van der Waals surface area contributed by atoms with Crippen molar-refractivity contribution in [3.63, 3.8) is 0 Å².